The summed E-state index contributed by atoms with van der Waals surface area (Å²) in [6, 6.07) is 15.2. The first-order valence-electron chi connectivity index (χ1n) is 15.4. The van der Waals surface area contributed by atoms with Crippen LogP contribution in [0.4, 0.5) is 11.4 Å². The standard InChI is InChI=1S/C32H42N4O6Si/c1-21-30(43(2,3)41)27(17-28(38)34-15-6-7-24(34)20-37)42-32(21)25-8-4-5-9-26(25)36(31(32)40)19-22-10-12-23(13-11-22)35-16-14-33-18-29(35)39/h4-5,8-13,21,24,27,30,33,37,41H,6-7,14-20H2,1-3H3/t21-,24+,27+,30-,32+/m1/s1. The molecule has 4 heterocycles. The molecule has 10 nitrogen and oxygen atoms in total. The minimum absolute atomic E-state index is 0.0338. The van der Waals surface area contributed by atoms with E-state index in [0.717, 1.165) is 41.9 Å². The van der Waals surface area contributed by atoms with Crippen LogP contribution in [0, 0.1) is 5.92 Å². The number of hydrogen-bond acceptors (Lipinski definition) is 7. The van der Waals surface area contributed by atoms with Crippen molar-refractivity contribution in [3.8, 4) is 0 Å². The highest BCUT2D eigenvalue weighted by atomic mass is 28.4. The molecule has 43 heavy (non-hydrogen) atoms. The number of ether oxygens (including phenoxy) is 1. The molecule has 1 spiro atoms. The number of likely N-dealkylation sites (tertiary alicyclic amines) is 1. The van der Waals surface area contributed by atoms with Gasteiger partial charge < -0.3 is 34.7 Å². The van der Waals surface area contributed by atoms with E-state index in [0.29, 0.717) is 26.2 Å². The number of anilines is 2. The zero-order valence-electron chi connectivity index (χ0n) is 25.2. The average Bonchev–Trinajstić information content (AvgIpc) is 3.64. The van der Waals surface area contributed by atoms with Crippen LogP contribution in [-0.2, 0) is 31.3 Å². The molecule has 0 aliphatic carbocycles. The van der Waals surface area contributed by atoms with Crippen LogP contribution < -0.4 is 15.1 Å². The molecule has 6 rings (SSSR count). The second-order valence-corrected chi connectivity index (χ2v) is 16.9. The van der Waals surface area contributed by atoms with E-state index in [4.69, 9.17) is 4.74 Å². The lowest BCUT2D eigenvalue weighted by atomic mass is 9.82. The Bertz CT molecular complexity index is 1400. The van der Waals surface area contributed by atoms with Crippen molar-refractivity contribution in [2.75, 3.05) is 42.6 Å². The maximum Gasteiger partial charge on any atom is 0.264 e. The first-order valence-corrected chi connectivity index (χ1v) is 18.4. The third-order valence-electron chi connectivity index (χ3n) is 9.85. The van der Waals surface area contributed by atoms with Crippen LogP contribution in [0.2, 0.25) is 18.6 Å². The maximum absolute atomic E-state index is 14.6. The van der Waals surface area contributed by atoms with Crippen LogP contribution in [0.3, 0.4) is 0 Å². The highest BCUT2D eigenvalue weighted by Crippen LogP contribution is 2.59. The monoisotopic (exact) mass is 606 g/mol. The second kappa shape index (κ2) is 11.4. The molecule has 5 atom stereocenters. The molecule has 3 amide bonds. The van der Waals surface area contributed by atoms with Gasteiger partial charge in [0, 0.05) is 42.3 Å². The number of piperazine rings is 1. The van der Waals surface area contributed by atoms with E-state index >= 15 is 0 Å². The Morgan fingerprint density at radius 3 is 2.56 bits per heavy atom. The number of para-hydroxylation sites is 1. The summed E-state index contributed by atoms with van der Waals surface area (Å²) in [4.78, 5) is 57.2. The van der Waals surface area contributed by atoms with Crippen molar-refractivity contribution in [3.05, 3.63) is 59.7 Å². The Kier molecular flexibility index (Phi) is 7.97. The summed E-state index contributed by atoms with van der Waals surface area (Å²) < 4.78 is 6.80. The summed E-state index contributed by atoms with van der Waals surface area (Å²) >= 11 is 0. The van der Waals surface area contributed by atoms with Crippen LogP contribution in [0.25, 0.3) is 0 Å². The zero-order valence-corrected chi connectivity index (χ0v) is 26.2. The molecule has 2 aromatic rings. The molecule has 0 bridgehead atoms. The third kappa shape index (κ3) is 5.10. The molecule has 0 saturated carbocycles. The fourth-order valence-electron chi connectivity index (χ4n) is 7.88. The molecule has 3 N–H and O–H groups in total. The number of carbonyl (C=O) groups is 3. The van der Waals surface area contributed by atoms with Crippen molar-refractivity contribution in [2.24, 2.45) is 5.92 Å². The van der Waals surface area contributed by atoms with E-state index in [9.17, 15) is 24.3 Å². The number of benzene rings is 2. The van der Waals surface area contributed by atoms with Crippen LogP contribution in [0.15, 0.2) is 48.5 Å². The van der Waals surface area contributed by atoms with Crippen molar-refractivity contribution in [2.45, 2.75) is 69.1 Å². The number of nitrogens with zero attached hydrogens (tertiary/aromatic N) is 3. The second-order valence-electron chi connectivity index (χ2n) is 12.9. The Morgan fingerprint density at radius 1 is 1.12 bits per heavy atom. The lowest BCUT2D eigenvalue weighted by molar-refractivity contribution is -0.150. The molecule has 0 aromatic heterocycles. The SMILES string of the molecule is C[C@@H]1[C@@H]([Si](C)(C)O)[C@H](CC(=O)N2CCC[C@H]2CO)O[C@@]12C(=O)N(Cc1ccc(N3CCNCC3=O)cc1)c1ccccc12. The normalized spacial score (nSPS) is 29.2. The van der Waals surface area contributed by atoms with Gasteiger partial charge in [-0.15, -0.1) is 0 Å². The van der Waals surface area contributed by atoms with Crippen molar-refractivity contribution in [1.82, 2.24) is 10.2 Å². The van der Waals surface area contributed by atoms with Gasteiger partial charge in [0.15, 0.2) is 13.9 Å². The fourth-order valence-corrected chi connectivity index (χ4v) is 10.4. The van der Waals surface area contributed by atoms with E-state index in [1.807, 2.05) is 68.5 Å². The maximum atomic E-state index is 14.6. The molecule has 4 aliphatic heterocycles. The quantitative estimate of drug-likeness (QED) is 0.414. The van der Waals surface area contributed by atoms with Gasteiger partial charge in [0.05, 0.1) is 44.0 Å². The van der Waals surface area contributed by atoms with Gasteiger partial charge in [-0.1, -0.05) is 37.3 Å². The van der Waals surface area contributed by atoms with Crippen molar-refractivity contribution < 1.29 is 29.0 Å². The van der Waals surface area contributed by atoms with Gasteiger partial charge in [-0.3, -0.25) is 14.4 Å². The molecule has 0 radical (unpaired) electrons. The van der Waals surface area contributed by atoms with Crippen LogP contribution >= 0.6 is 0 Å². The number of rotatable bonds is 7. The average molecular weight is 607 g/mol. The highest BCUT2D eigenvalue weighted by molar-refractivity contribution is 6.71. The van der Waals surface area contributed by atoms with Crippen molar-refractivity contribution in [3.63, 3.8) is 0 Å². The third-order valence-corrected chi connectivity index (χ3v) is 12.4. The number of nitrogens with one attached hydrogen (secondary N) is 1. The van der Waals surface area contributed by atoms with Crippen LogP contribution in [0.5, 0.6) is 0 Å². The molecule has 3 fully saturated rings. The van der Waals surface area contributed by atoms with E-state index in [2.05, 4.69) is 5.32 Å². The predicted molar refractivity (Wildman–Crippen MR) is 165 cm³/mol. The lowest BCUT2D eigenvalue weighted by Gasteiger charge is -2.32. The summed E-state index contributed by atoms with van der Waals surface area (Å²) in [5, 5.41) is 12.9. The largest absolute Gasteiger partial charge is 0.432 e. The van der Waals surface area contributed by atoms with Crippen molar-refractivity contribution >= 4 is 37.4 Å². The van der Waals surface area contributed by atoms with E-state index in [1.54, 1.807) is 14.7 Å². The fraction of sp³-hybridized carbons (Fsp3) is 0.531. The summed E-state index contributed by atoms with van der Waals surface area (Å²) in [6.07, 6.45) is 1.05. The minimum atomic E-state index is -2.90. The summed E-state index contributed by atoms with van der Waals surface area (Å²) in [5.74, 6) is -0.613. The molecular weight excluding hydrogens is 564 g/mol. The molecule has 0 unspecified atom stereocenters. The highest BCUT2D eigenvalue weighted by Gasteiger charge is 2.66. The number of amides is 3. The number of hydrogen-bond donors (Lipinski definition) is 3. The minimum Gasteiger partial charge on any atom is -0.432 e. The molecule has 3 saturated heterocycles. The van der Waals surface area contributed by atoms with E-state index in [-0.39, 0.29) is 48.3 Å². The first-order chi connectivity index (χ1) is 20.6. The van der Waals surface area contributed by atoms with Gasteiger partial charge in [0.1, 0.15) is 0 Å². The van der Waals surface area contributed by atoms with E-state index in [1.165, 1.54) is 0 Å². The number of aliphatic hydroxyl groups is 1. The van der Waals surface area contributed by atoms with Gasteiger partial charge in [0.2, 0.25) is 11.8 Å². The van der Waals surface area contributed by atoms with E-state index < -0.39 is 20.0 Å². The van der Waals surface area contributed by atoms with Gasteiger partial charge in [0.25, 0.3) is 5.91 Å². The van der Waals surface area contributed by atoms with Crippen LogP contribution in [-0.4, -0.2) is 85.8 Å². The zero-order chi connectivity index (χ0) is 30.5. The Balaban J connectivity index is 1.29. The Morgan fingerprint density at radius 2 is 1.86 bits per heavy atom. The van der Waals surface area contributed by atoms with Crippen LogP contribution in [0.1, 0.15) is 37.3 Å². The molecular formula is C32H42N4O6Si. The molecule has 11 heteroatoms. The summed E-state index contributed by atoms with van der Waals surface area (Å²) in [7, 11) is -2.90. The Labute approximate surface area is 253 Å². The topological polar surface area (TPSA) is 123 Å². The van der Waals surface area contributed by atoms with Gasteiger partial charge in [-0.05, 0) is 49.7 Å². The van der Waals surface area contributed by atoms with Gasteiger partial charge >= 0.3 is 0 Å². The molecule has 4 aliphatic rings. The molecule has 2 aromatic carbocycles. The molecule has 230 valence electrons. The predicted octanol–water partition coefficient (Wildman–Crippen LogP) is 2.34. The van der Waals surface area contributed by atoms with Crippen molar-refractivity contribution in [1.29, 1.82) is 0 Å². The summed E-state index contributed by atoms with van der Waals surface area (Å²) in [6.45, 7) is 8.21. The number of fused-ring (bicyclic) bond motifs is 2. The first kappa shape index (κ1) is 30.0. The summed E-state index contributed by atoms with van der Waals surface area (Å²) in [5.41, 5.74) is 1.63. The smallest absolute Gasteiger partial charge is 0.264 e. The Hall–Kier alpha value is -3.09. The number of carbonyl (C=O) groups excluding carboxylic acids is 3. The van der Waals surface area contributed by atoms with Gasteiger partial charge in [-0.2, -0.15) is 0 Å². The lowest BCUT2D eigenvalue weighted by Crippen LogP contribution is -2.48. The number of aliphatic hydroxyl groups excluding tert-OH is 1. The van der Waals surface area contributed by atoms with Gasteiger partial charge in [-0.25, -0.2) is 0 Å².